The Balaban J connectivity index is 2.39. The van der Waals surface area contributed by atoms with Gasteiger partial charge in [-0.2, -0.15) is 0 Å². The van der Waals surface area contributed by atoms with Crippen molar-refractivity contribution >= 4 is 33.0 Å². The van der Waals surface area contributed by atoms with Gasteiger partial charge in [0.2, 0.25) is 5.91 Å². The highest BCUT2D eigenvalue weighted by atomic mass is 35.5. The first-order valence-electron chi connectivity index (χ1n) is 6.70. The van der Waals surface area contributed by atoms with E-state index in [0.717, 1.165) is 11.1 Å². The third-order valence-corrected chi connectivity index (χ3v) is 5.16. The average Bonchev–Trinajstić information content (AvgIpc) is 2.74. The van der Waals surface area contributed by atoms with Crippen molar-refractivity contribution in [1.29, 1.82) is 0 Å². The van der Waals surface area contributed by atoms with Gasteiger partial charge in [-0.25, -0.2) is 8.42 Å². The van der Waals surface area contributed by atoms with Crippen molar-refractivity contribution in [3.63, 3.8) is 0 Å². The molecule has 0 spiro atoms. The first-order chi connectivity index (χ1) is 9.84. The minimum absolute atomic E-state index is 0.0754. The Kier molecular flexibility index (Phi) is 4.74. The Labute approximate surface area is 130 Å². The van der Waals surface area contributed by atoms with Crippen LogP contribution in [0, 0.1) is 13.8 Å². The molecule has 0 aliphatic carbocycles. The maximum Gasteiger partial charge on any atom is 0.228 e. The van der Waals surface area contributed by atoms with Crippen LogP contribution >= 0.6 is 11.6 Å². The number of hydrogen-bond acceptors (Lipinski definition) is 3. The van der Waals surface area contributed by atoms with E-state index in [1.165, 1.54) is 10.3 Å². The molecule has 0 N–H and O–H groups in total. The first-order valence-corrected chi connectivity index (χ1v) is 8.95. The van der Waals surface area contributed by atoms with Gasteiger partial charge in [-0.15, -0.1) is 11.6 Å². The Morgan fingerprint density at radius 1 is 1.33 bits per heavy atom. The van der Waals surface area contributed by atoms with Crippen LogP contribution in [-0.4, -0.2) is 32.0 Å². The molecule has 6 heteroatoms. The van der Waals surface area contributed by atoms with Crippen molar-refractivity contribution in [2.75, 3.05) is 16.5 Å². The molecule has 1 heterocycles. The molecule has 0 bridgehead atoms. The summed E-state index contributed by atoms with van der Waals surface area (Å²) in [5.74, 6) is -0.0304. The molecule has 1 amide bonds. The molecule has 0 aromatic heterocycles. The number of benzene rings is 1. The van der Waals surface area contributed by atoms with Crippen molar-refractivity contribution in [2.45, 2.75) is 26.3 Å². The number of halogens is 1. The van der Waals surface area contributed by atoms with Gasteiger partial charge in [-0.05, 0) is 43.2 Å². The molecule has 1 aromatic rings. The van der Waals surface area contributed by atoms with E-state index in [0.29, 0.717) is 5.69 Å². The van der Waals surface area contributed by atoms with E-state index < -0.39 is 15.9 Å². The highest BCUT2D eigenvalue weighted by Gasteiger charge is 2.31. The van der Waals surface area contributed by atoms with Gasteiger partial charge in [-0.3, -0.25) is 4.79 Å². The SMILES string of the molecule is Cc1ccc(N(C(=O)CCCl)C2C=CS(=O)(=O)C2)cc1C. The van der Waals surface area contributed by atoms with Gasteiger partial charge in [0.05, 0.1) is 11.8 Å². The molecule has 0 radical (unpaired) electrons. The van der Waals surface area contributed by atoms with E-state index in [1.807, 2.05) is 32.0 Å². The minimum Gasteiger partial charge on any atom is -0.304 e. The lowest BCUT2D eigenvalue weighted by Crippen LogP contribution is -2.41. The maximum atomic E-state index is 12.4. The maximum absolute atomic E-state index is 12.4. The third kappa shape index (κ3) is 3.66. The summed E-state index contributed by atoms with van der Waals surface area (Å²) < 4.78 is 23.3. The molecule has 21 heavy (non-hydrogen) atoms. The number of carbonyl (C=O) groups is 1. The highest BCUT2D eigenvalue weighted by Crippen LogP contribution is 2.25. The minimum atomic E-state index is -3.22. The number of nitrogens with zero attached hydrogens (tertiary/aromatic N) is 1. The standard InChI is InChI=1S/C15H18ClNO3S/c1-11-3-4-13(9-12(11)2)17(15(18)5-7-16)14-6-8-21(19,20)10-14/h3-4,6,8-9,14H,5,7,10H2,1-2H3. The van der Waals surface area contributed by atoms with Crippen molar-refractivity contribution in [1.82, 2.24) is 0 Å². The third-order valence-electron chi connectivity index (χ3n) is 3.59. The first kappa shape index (κ1) is 16.0. The topological polar surface area (TPSA) is 54.5 Å². The zero-order chi connectivity index (χ0) is 15.6. The van der Waals surface area contributed by atoms with Gasteiger partial charge in [0, 0.05) is 23.4 Å². The van der Waals surface area contributed by atoms with Gasteiger partial charge in [0.15, 0.2) is 9.84 Å². The van der Waals surface area contributed by atoms with Gasteiger partial charge in [0.25, 0.3) is 0 Å². The van der Waals surface area contributed by atoms with Crippen LogP contribution in [0.2, 0.25) is 0 Å². The molecule has 2 rings (SSSR count). The zero-order valence-electron chi connectivity index (χ0n) is 12.0. The molecule has 0 saturated heterocycles. The highest BCUT2D eigenvalue weighted by molar-refractivity contribution is 7.94. The summed E-state index contributed by atoms with van der Waals surface area (Å²) in [6.07, 6.45) is 1.75. The van der Waals surface area contributed by atoms with Gasteiger partial charge in [0.1, 0.15) is 0 Å². The summed E-state index contributed by atoms with van der Waals surface area (Å²) in [6, 6.07) is 5.21. The Morgan fingerprint density at radius 3 is 2.57 bits per heavy atom. The summed E-state index contributed by atoms with van der Waals surface area (Å²) in [5.41, 5.74) is 2.89. The van der Waals surface area contributed by atoms with Crippen LogP contribution < -0.4 is 4.90 Å². The summed E-state index contributed by atoms with van der Waals surface area (Å²) in [6.45, 7) is 3.95. The van der Waals surface area contributed by atoms with Gasteiger partial charge in [-0.1, -0.05) is 6.07 Å². The van der Waals surface area contributed by atoms with Crippen molar-refractivity contribution in [3.8, 4) is 0 Å². The van der Waals surface area contributed by atoms with E-state index in [9.17, 15) is 13.2 Å². The molecule has 1 aliphatic rings. The predicted molar refractivity (Wildman–Crippen MR) is 85.5 cm³/mol. The number of sulfone groups is 1. The Morgan fingerprint density at radius 2 is 2.05 bits per heavy atom. The molecule has 0 fully saturated rings. The van der Waals surface area contributed by atoms with E-state index in [1.54, 1.807) is 6.08 Å². The molecule has 114 valence electrons. The van der Waals surface area contributed by atoms with Gasteiger partial charge >= 0.3 is 0 Å². The number of amides is 1. The Bertz CT molecular complexity index is 682. The Hall–Kier alpha value is -1.33. The number of anilines is 1. The van der Waals surface area contributed by atoms with Crippen molar-refractivity contribution in [2.24, 2.45) is 0 Å². The van der Waals surface area contributed by atoms with Crippen molar-refractivity contribution in [3.05, 3.63) is 40.8 Å². The molecular formula is C15H18ClNO3S. The molecule has 1 unspecified atom stereocenters. The lowest BCUT2D eigenvalue weighted by atomic mass is 10.1. The van der Waals surface area contributed by atoms with E-state index in [-0.39, 0.29) is 24.0 Å². The van der Waals surface area contributed by atoms with Crippen LogP contribution in [0.3, 0.4) is 0 Å². The number of rotatable bonds is 4. The molecule has 1 aromatic carbocycles. The summed E-state index contributed by atoms with van der Waals surface area (Å²) in [7, 11) is -3.22. The quantitative estimate of drug-likeness (QED) is 0.799. The van der Waals surface area contributed by atoms with Crippen LogP contribution in [0.25, 0.3) is 0 Å². The van der Waals surface area contributed by atoms with Crippen LogP contribution in [0.1, 0.15) is 17.5 Å². The van der Waals surface area contributed by atoms with E-state index >= 15 is 0 Å². The zero-order valence-corrected chi connectivity index (χ0v) is 13.6. The molecular weight excluding hydrogens is 310 g/mol. The summed E-state index contributed by atoms with van der Waals surface area (Å²) >= 11 is 5.66. The predicted octanol–water partition coefficient (Wildman–Crippen LogP) is 2.58. The normalized spacial score (nSPS) is 19.7. The fourth-order valence-electron chi connectivity index (χ4n) is 2.32. The molecule has 1 atom stereocenters. The second kappa shape index (κ2) is 6.20. The lowest BCUT2D eigenvalue weighted by molar-refractivity contribution is -0.118. The second-order valence-corrected chi connectivity index (χ2v) is 7.51. The van der Waals surface area contributed by atoms with E-state index in [2.05, 4.69) is 0 Å². The monoisotopic (exact) mass is 327 g/mol. The van der Waals surface area contributed by atoms with Crippen LogP contribution in [0.15, 0.2) is 29.7 Å². The summed E-state index contributed by atoms with van der Waals surface area (Å²) in [4.78, 5) is 13.9. The number of hydrogen-bond donors (Lipinski definition) is 0. The summed E-state index contributed by atoms with van der Waals surface area (Å²) in [5, 5.41) is 1.18. The van der Waals surface area contributed by atoms with E-state index in [4.69, 9.17) is 11.6 Å². The van der Waals surface area contributed by atoms with Gasteiger partial charge < -0.3 is 4.90 Å². The lowest BCUT2D eigenvalue weighted by Gasteiger charge is -2.28. The van der Waals surface area contributed by atoms with Crippen molar-refractivity contribution < 1.29 is 13.2 Å². The number of carbonyl (C=O) groups excluding carboxylic acids is 1. The number of aryl methyl sites for hydroxylation is 2. The smallest absolute Gasteiger partial charge is 0.228 e. The number of alkyl halides is 1. The average molecular weight is 328 g/mol. The van der Waals surface area contributed by atoms with Crippen LogP contribution in [0.5, 0.6) is 0 Å². The fourth-order valence-corrected chi connectivity index (χ4v) is 3.75. The second-order valence-electron chi connectivity index (χ2n) is 5.20. The largest absolute Gasteiger partial charge is 0.304 e. The van der Waals surface area contributed by atoms with Crippen LogP contribution in [-0.2, 0) is 14.6 Å². The molecule has 0 saturated carbocycles. The fraction of sp³-hybridized carbons (Fsp3) is 0.400. The van der Waals surface area contributed by atoms with Crippen LogP contribution in [0.4, 0.5) is 5.69 Å². The molecule has 4 nitrogen and oxygen atoms in total. The molecule has 1 aliphatic heterocycles.